The molecule has 27 heavy (non-hydrogen) atoms. The predicted octanol–water partition coefficient (Wildman–Crippen LogP) is 2.48. The number of amides is 1. The Morgan fingerprint density at radius 1 is 1.15 bits per heavy atom. The Bertz CT molecular complexity index is 880. The highest BCUT2D eigenvalue weighted by Crippen LogP contribution is 2.21. The summed E-state index contributed by atoms with van der Waals surface area (Å²) in [5.41, 5.74) is 3.53. The van der Waals surface area contributed by atoms with Crippen molar-refractivity contribution in [3.05, 3.63) is 59.7 Å². The fraction of sp³-hybridized carbons (Fsp3) is 0.286. The van der Waals surface area contributed by atoms with Gasteiger partial charge in [0.1, 0.15) is 12.2 Å². The van der Waals surface area contributed by atoms with Crippen molar-refractivity contribution in [3.8, 4) is 23.3 Å². The lowest BCUT2D eigenvalue weighted by Gasteiger charge is -2.15. The van der Waals surface area contributed by atoms with Crippen LogP contribution in [0, 0.1) is 22.7 Å². The maximum atomic E-state index is 13.2. The third kappa shape index (κ3) is 4.69. The molecular formula is C21H19FN4O. The van der Waals surface area contributed by atoms with Crippen LogP contribution in [0.15, 0.2) is 48.5 Å². The molecule has 2 aromatic rings. The lowest BCUT2D eigenvalue weighted by molar-refractivity contribution is -0.123. The highest BCUT2D eigenvalue weighted by Gasteiger charge is 2.30. The fourth-order valence-corrected chi connectivity index (χ4v) is 3.10. The minimum absolute atomic E-state index is 0.142. The van der Waals surface area contributed by atoms with E-state index in [9.17, 15) is 14.4 Å². The molecule has 2 N–H and O–H groups in total. The summed E-state index contributed by atoms with van der Waals surface area (Å²) < 4.78 is 13.2. The van der Waals surface area contributed by atoms with Gasteiger partial charge in [-0.3, -0.25) is 4.79 Å². The van der Waals surface area contributed by atoms with Crippen LogP contribution < -0.4 is 10.6 Å². The summed E-state index contributed by atoms with van der Waals surface area (Å²) in [4.78, 5) is 12.1. The van der Waals surface area contributed by atoms with Crippen LogP contribution in [-0.2, 0) is 11.2 Å². The molecule has 0 radical (unpaired) electrons. The summed E-state index contributed by atoms with van der Waals surface area (Å²) in [5, 5.41) is 23.7. The van der Waals surface area contributed by atoms with Gasteiger partial charge >= 0.3 is 0 Å². The van der Waals surface area contributed by atoms with Crippen molar-refractivity contribution >= 4 is 5.91 Å². The molecule has 0 bridgehead atoms. The van der Waals surface area contributed by atoms with E-state index in [2.05, 4.69) is 22.8 Å². The van der Waals surface area contributed by atoms with Gasteiger partial charge in [0.15, 0.2) is 0 Å². The summed E-state index contributed by atoms with van der Waals surface area (Å²) in [6.45, 7) is 0.173. The van der Waals surface area contributed by atoms with E-state index in [0.717, 1.165) is 16.7 Å². The standard InChI is InChI=1S/C21H19FN4O/c22-18-10-20(25-13-18)21(27)26-19(12-24)9-14-1-5-16(6-2-14)17-7-3-15(11-23)4-8-17/h1-8,18-20,25H,9-10,13H2,(H,26,27)/t18-,19-,20-/m0/s1. The summed E-state index contributed by atoms with van der Waals surface area (Å²) in [6.07, 6.45) is -0.499. The molecule has 3 rings (SSSR count). The minimum atomic E-state index is -1.02. The molecule has 0 spiro atoms. The average molecular weight is 362 g/mol. The molecule has 3 atom stereocenters. The molecular weight excluding hydrogens is 343 g/mol. The SMILES string of the molecule is N#Cc1ccc(-c2ccc(C[C@@H](C#N)NC(=O)[C@@H]3C[C@H](F)CN3)cc2)cc1. The second-order valence-corrected chi connectivity index (χ2v) is 6.57. The Kier molecular flexibility index (Phi) is 5.80. The highest BCUT2D eigenvalue weighted by atomic mass is 19.1. The minimum Gasteiger partial charge on any atom is -0.339 e. The number of benzene rings is 2. The van der Waals surface area contributed by atoms with Gasteiger partial charge in [0, 0.05) is 19.4 Å². The smallest absolute Gasteiger partial charge is 0.238 e. The summed E-state index contributed by atoms with van der Waals surface area (Å²) in [7, 11) is 0. The summed E-state index contributed by atoms with van der Waals surface area (Å²) in [6, 6.07) is 18.0. The molecule has 2 aromatic carbocycles. The van der Waals surface area contributed by atoms with Gasteiger partial charge in [0.05, 0.1) is 23.7 Å². The van der Waals surface area contributed by atoms with E-state index in [0.29, 0.717) is 12.0 Å². The normalized spacial score (nSPS) is 19.7. The van der Waals surface area contributed by atoms with E-state index in [1.807, 2.05) is 36.4 Å². The first-order chi connectivity index (χ1) is 13.1. The van der Waals surface area contributed by atoms with E-state index in [1.165, 1.54) is 0 Å². The lowest BCUT2D eigenvalue weighted by atomic mass is 10.00. The van der Waals surface area contributed by atoms with E-state index in [1.54, 1.807) is 12.1 Å². The maximum Gasteiger partial charge on any atom is 0.238 e. The highest BCUT2D eigenvalue weighted by molar-refractivity contribution is 5.82. The van der Waals surface area contributed by atoms with Crippen molar-refractivity contribution < 1.29 is 9.18 Å². The number of hydrogen-bond acceptors (Lipinski definition) is 4. The molecule has 0 aliphatic carbocycles. The average Bonchev–Trinajstić information content (AvgIpc) is 3.14. The number of nitrogens with one attached hydrogen (secondary N) is 2. The van der Waals surface area contributed by atoms with E-state index >= 15 is 0 Å². The van der Waals surface area contributed by atoms with E-state index < -0.39 is 18.3 Å². The summed E-state index contributed by atoms with van der Waals surface area (Å²) in [5.74, 6) is -0.337. The molecule has 1 amide bonds. The number of halogens is 1. The molecule has 5 nitrogen and oxygen atoms in total. The molecule has 6 heteroatoms. The van der Waals surface area contributed by atoms with Gasteiger partial charge in [-0.1, -0.05) is 36.4 Å². The molecule has 0 aromatic heterocycles. The zero-order valence-electron chi connectivity index (χ0n) is 14.7. The van der Waals surface area contributed by atoms with E-state index in [-0.39, 0.29) is 18.9 Å². The monoisotopic (exact) mass is 362 g/mol. The first kappa shape index (κ1) is 18.6. The van der Waals surface area contributed by atoms with Crippen LogP contribution in [0.5, 0.6) is 0 Å². The Balaban J connectivity index is 1.61. The van der Waals surface area contributed by atoms with Crippen molar-refractivity contribution in [3.63, 3.8) is 0 Å². The molecule has 1 aliphatic rings. The van der Waals surface area contributed by atoms with Crippen LogP contribution in [0.4, 0.5) is 4.39 Å². The lowest BCUT2D eigenvalue weighted by Crippen LogP contribution is -2.45. The molecule has 1 saturated heterocycles. The van der Waals surface area contributed by atoms with E-state index in [4.69, 9.17) is 5.26 Å². The Labute approximate surface area is 157 Å². The van der Waals surface area contributed by atoms with Gasteiger partial charge in [-0.2, -0.15) is 10.5 Å². The first-order valence-electron chi connectivity index (χ1n) is 8.76. The van der Waals surface area contributed by atoms with Crippen LogP contribution in [-0.4, -0.2) is 30.7 Å². The van der Waals surface area contributed by atoms with Gasteiger partial charge in [-0.25, -0.2) is 4.39 Å². The second kappa shape index (κ2) is 8.44. The zero-order chi connectivity index (χ0) is 19.2. The Morgan fingerprint density at radius 2 is 1.78 bits per heavy atom. The third-order valence-electron chi connectivity index (χ3n) is 4.61. The van der Waals surface area contributed by atoms with Crippen molar-refractivity contribution in [2.75, 3.05) is 6.54 Å². The Hall–Kier alpha value is -3.22. The molecule has 0 saturated carbocycles. The third-order valence-corrected chi connectivity index (χ3v) is 4.61. The van der Waals surface area contributed by atoms with Gasteiger partial charge in [0.2, 0.25) is 5.91 Å². The van der Waals surface area contributed by atoms with Crippen molar-refractivity contribution in [2.45, 2.75) is 31.1 Å². The van der Waals surface area contributed by atoms with Gasteiger partial charge in [-0.15, -0.1) is 0 Å². The number of carbonyl (C=O) groups is 1. The topological polar surface area (TPSA) is 88.7 Å². The molecule has 136 valence electrons. The van der Waals surface area contributed by atoms with Crippen LogP contribution >= 0.6 is 0 Å². The van der Waals surface area contributed by atoms with Crippen molar-refractivity contribution in [1.82, 2.24) is 10.6 Å². The molecule has 1 heterocycles. The predicted molar refractivity (Wildman–Crippen MR) is 99.1 cm³/mol. The second-order valence-electron chi connectivity index (χ2n) is 6.57. The van der Waals surface area contributed by atoms with Crippen molar-refractivity contribution in [1.29, 1.82) is 10.5 Å². The van der Waals surface area contributed by atoms with Gasteiger partial charge < -0.3 is 10.6 Å². The fourth-order valence-electron chi connectivity index (χ4n) is 3.10. The number of alkyl halides is 1. The number of carbonyl (C=O) groups excluding carboxylic acids is 1. The van der Waals surface area contributed by atoms with Crippen molar-refractivity contribution in [2.24, 2.45) is 0 Å². The quantitative estimate of drug-likeness (QED) is 0.855. The van der Waals surface area contributed by atoms with Gasteiger partial charge in [-0.05, 0) is 28.8 Å². The maximum absolute atomic E-state index is 13.2. The van der Waals surface area contributed by atoms with Crippen LogP contribution in [0.25, 0.3) is 11.1 Å². The molecule has 0 unspecified atom stereocenters. The van der Waals surface area contributed by atoms with Crippen LogP contribution in [0.3, 0.4) is 0 Å². The largest absolute Gasteiger partial charge is 0.339 e. The van der Waals surface area contributed by atoms with Gasteiger partial charge in [0.25, 0.3) is 0 Å². The summed E-state index contributed by atoms with van der Waals surface area (Å²) >= 11 is 0. The number of nitrogens with zero attached hydrogens (tertiary/aromatic N) is 2. The Morgan fingerprint density at radius 3 is 2.30 bits per heavy atom. The molecule has 1 fully saturated rings. The molecule has 1 aliphatic heterocycles. The van der Waals surface area contributed by atoms with Crippen LogP contribution in [0.1, 0.15) is 17.5 Å². The number of rotatable bonds is 5. The van der Waals surface area contributed by atoms with Crippen LogP contribution in [0.2, 0.25) is 0 Å². The number of hydrogen-bond donors (Lipinski definition) is 2. The zero-order valence-corrected chi connectivity index (χ0v) is 14.7. The first-order valence-corrected chi connectivity index (χ1v) is 8.76. The number of nitriles is 2.